The van der Waals surface area contributed by atoms with Gasteiger partial charge in [-0.15, -0.1) is 0 Å². The van der Waals surface area contributed by atoms with E-state index in [-0.39, 0.29) is 11.3 Å². The maximum atomic E-state index is 12.9. The summed E-state index contributed by atoms with van der Waals surface area (Å²) in [6.07, 6.45) is 4.85. The first-order valence-corrected chi connectivity index (χ1v) is 9.58. The first-order valence-electron chi connectivity index (χ1n) is 9.58. The van der Waals surface area contributed by atoms with Gasteiger partial charge in [-0.3, -0.25) is 4.79 Å². The van der Waals surface area contributed by atoms with Crippen LogP contribution in [0.4, 0.5) is 0 Å². The molecule has 6 heteroatoms. The molecule has 0 unspecified atom stereocenters. The van der Waals surface area contributed by atoms with Crippen molar-refractivity contribution in [1.82, 2.24) is 14.5 Å². The van der Waals surface area contributed by atoms with Crippen molar-refractivity contribution in [2.75, 3.05) is 19.9 Å². The molecule has 2 aliphatic rings. The van der Waals surface area contributed by atoms with Crippen molar-refractivity contribution in [1.29, 1.82) is 0 Å². The number of likely N-dealkylation sites (tertiary alicyclic amines) is 1. The number of hydrogen-bond donors (Lipinski definition) is 0. The van der Waals surface area contributed by atoms with Crippen molar-refractivity contribution in [3.8, 4) is 11.5 Å². The number of ether oxygens (including phenoxy) is 2. The van der Waals surface area contributed by atoms with Gasteiger partial charge < -0.3 is 18.9 Å². The van der Waals surface area contributed by atoms with E-state index in [2.05, 4.69) is 24.0 Å². The van der Waals surface area contributed by atoms with Crippen LogP contribution in [0.25, 0.3) is 0 Å². The van der Waals surface area contributed by atoms with E-state index in [0.717, 1.165) is 55.2 Å². The lowest BCUT2D eigenvalue weighted by atomic mass is 9.77. The van der Waals surface area contributed by atoms with Crippen LogP contribution in [0, 0.1) is 19.3 Å². The number of benzene rings is 1. The van der Waals surface area contributed by atoms with Gasteiger partial charge in [0.15, 0.2) is 11.5 Å². The summed E-state index contributed by atoms with van der Waals surface area (Å²) in [6, 6.07) is 6.17. The summed E-state index contributed by atoms with van der Waals surface area (Å²) in [5, 5.41) is 0. The minimum atomic E-state index is 0.0709. The zero-order valence-corrected chi connectivity index (χ0v) is 16.3. The van der Waals surface area contributed by atoms with Crippen molar-refractivity contribution >= 4 is 5.91 Å². The van der Waals surface area contributed by atoms with Crippen molar-refractivity contribution in [2.45, 2.75) is 46.6 Å². The molecule has 1 aromatic heterocycles. The molecule has 27 heavy (non-hydrogen) atoms. The standard InChI is InChI=1S/C21H27N3O3/c1-15-16(2)24(13-22-15)11-20(25)23-8-4-7-21(3,12-23)10-17-5-6-18-19(9-17)27-14-26-18/h5-6,9,13H,4,7-8,10-12,14H2,1-3H3/t21-/m0/s1. The van der Waals surface area contributed by atoms with E-state index in [4.69, 9.17) is 9.47 Å². The lowest BCUT2D eigenvalue weighted by Crippen LogP contribution is -2.46. The van der Waals surface area contributed by atoms with Gasteiger partial charge >= 0.3 is 0 Å². The Balaban J connectivity index is 1.43. The van der Waals surface area contributed by atoms with Gasteiger partial charge in [0.05, 0.1) is 12.0 Å². The zero-order valence-electron chi connectivity index (χ0n) is 16.3. The summed E-state index contributed by atoms with van der Waals surface area (Å²) in [6.45, 7) is 8.55. The van der Waals surface area contributed by atoms with Crippen LogP contribution >= 0.6 is 0 Å². The van der Waals surface area contributed by atoms with Crippen molar-refractivity contribution in [2.24, 2.45) is 5.41 Å². The Morgan fingerprint density at radius 1 is 1.26 bits per heavy atom. The number of fused-ring (bicyclic) bond motifs is 1. The third-order valence-electron chi connectivity index (χ3n) is 5.85. The number of carbonyl (C=O) groups is 1. The number of amides is 1. The zero-order chi connectivity index (χ0) is 19.0. The molecule has 3 heterocycles. The highest BCUT2D eigenvalue weighted by molar-refractivity contribution is 5.76. The number of hydrogen-bond acceptors (Lipinski definition) is 4. The van der Waals surface area contributed by atoms with E-state index in [1.54, 1.807) is 6.33 Å². The van der Waals surface area contributed by atoms with Crippen LogP contribution in [0.1, 0.15) is 36.7 Å². The van der Waals surface area contributed by atoms with E-state index in [9.17, 15) is 4.79 Å². The molecule has 0 radical (unpaired) electrons. The number of imidazole rings is 1. The van der Waals surface area contributed by atoms with Gasteiger partial charge in [-0.25, -0.2) is 4.98 Å². The molecule has 1 aromatic carbocycles. The first kappa shape index (κ1) is 17.9. The summed E-state index contributed by atoms with van der Waals surface area (Å²) in [5.41, 5.74) is 3.34. The third-order valence-corrected chi connectivity index (χ3v) is 5.85. The SMILES string of the molecule is Cc1ncn(CC(=O)N2CCC[C@@](C)(Cc3ccc4c(c3)OCO4)C2)c1C. The van der Waals surface area contributed by atoms with Crippen molar-refractivity contribution in [3.05, 3.63) is 41.5 Å². The molecule has 1 amide bonds. The molecule has 4 rings (SSSR count). The second kappa shape index (κ2) is 6.91. The second-order valence-electron chi connectivity index (χ2n) is 8.14. The Labute approximate surface area is 160 Å². The molecule has 0 spiro atoms. The van der Waals surface area contributed by atoms with Crippen LogP contribution in [0.2, 0.25) is 0 Å². The van der Waals surface area contributed by atoms with Crippen LogP contribution in [0.5, 0.6) is 11.5 Å². The molecule has 1 atom stereocenters. The van der Waals surface area contributed by atoms with E-state index < -0.39 is 0 Å². The van der Waals surface area contributed by atoms with E-state index >= 15 is 0 Å². The van der Waals surface area contributed by atoms with Crippen LogP contribution in [0.3, 0.4) is 0 Å². The van der Waals surface area contributed by atoms with Crippen LogP contribution in [-0.2, 0) is 17.8 Å². The molecule has 0 bridgehead atoms. The molecular formula is C21H27N3O3. The maximum absolute atomic E-state index is 12.9. The fourth-order valence-electron chi connectivity index (χ4n) is 4.17. The van der Waals surface area contributed by atoms with Gasteiger partial charge in [-0.2, -0.15) is 0 Å². The van der Waals surface area contributed by atoms with Gasteiger partial charge in [0.2, 0.25) is 12.7 Å². The van der Waals surface area contributed by atoms with E-state index in [0.29, 0.717) is 13.3 Å². The predicted molar refractivity (Wildman–Crippen MR) is 102 cm³/mol. The molecule has 1 fully saturated rings. The monoisotopic (exact) mass is 369 g/mol. The van der Waals surface area contributed by atoms with Crippen LogP contribution < -0.4 is 9.47 Å². The van der Waals surface area contributed by atoms with Gasteiger partial charge in [-0.1, -0.05) is 13.0 Å². The molecule has 2 aliphatic heterocycles. The molecule has 0 N–H and O–H groups in total. The average molecular weight is 369 g/mol. The quantitative estimate of drug-likeness (QED) is 0.831. The van der Waals surface area contributed by atoms with Crippen molar-refractivity contribution < 1.29 is 14.3 Å². The Morgan fingerprint density at radius 2 is 2.07 bits per heavy atom. The summed E-state index contributed by atoms with van der Waals surface area (Å²) in [5.74, 6) is 1.81. The van der Waals surface area contributed by atoms with Gasteiger partial charge in [0.1, 0.15) is 6.54 Å². The Hall–Kier alpha value is -2.50. The van der Waals surface area contributed by atoms with Gasteiger partial charge in [-0.05, 0) is 56.2 Å². The number of carbonyl (C=O) groups excluding carboxylic acids is 1. The highest BCUT2D eigenvalue weighted by Crippen LogP contribution is 2.37. The summed E-state index contributed by atoms with van der Waals surface area (Å²) in [4.78, 5) is 19.2. The Bertz CT molecular complexity index is 860. The second-order valence-corrected chi connectivity index (χ2v) is 8.14. The molecule has 0 aliphatic carbocycles. The van der Waals surface area contributed by atoms with Gasteiger partial charge in [0.25, 0.3) is 0 Å². The summed E-state index contributed by atoms with van der Waals surface area (Å²) >= 11 is 0. The normalized spacial score (nSPS) is 21.5. The minimum absolute atomic E-state index is 0.0709. The first-order chi connectivity index (χ1) is 12.9. The number of nitrogens with zero attached hydrogens (tertiary/aromatic N) is 3. The molecule has 2 aromatic rings. The van der Waals surface area contributed by atoms with E-state index in [1.165, 1.54) is 5.56 Å². The lowest BCUT2D eigenvalue weighted by molar-refractivity contribution is -0.135. The topological polar surface area (TPSA) is 56.6 Å². The summed E-state index contributed by atoms with van der Waals surface area (Å²) < 4.78 is 12.9. The maximum Gasteiger partial charge on any atom is 0.242 e. The molecule has 144 valence electrons. The molecule has 6 nitrogen and oxygen atoms in total. The largest absolute Gasteiger partial charge is 0.454 e. The molecular weight excluding hydrogens is 342 g/mol. The minimum Gasteiger partial charge on any atom is -0.454 e. The predicted octanol–water partition coefficient (Wildman–Crippen LogP) is 3.10. The number of piperidine rings is 1. The smallest absolute Gasteiger partial charge is 0.242 e. The lowest BCUT2D eigenvalue weighted by Gasteiger charge is -2.41. The fraction of sp³-hybridized carbons (Fsp3) is 0.524. The Kier molecular flexibility index (Phi) is 4.58. The number of rotatable bonds is 4. The number of aryl methyl sites for hydroxylation is 1. The van der Waals surface area contributed by atoms with Crippen LogP contribution in [0.15, 0.2) is 24.5 Å². The highest BCUT2D eigenvalue weighted by atomic mass is 16.7. The molecule has 1 saturated heterocycles. The summed E-state index contributed by atoms with van der Waals surface area (Å²) in [7, 11) is 0. The third kappa shape index (κ3) is 3.66. The fourth-order valence-corrected chi connectivity index (χ4v) is 4.17. The van der Waals surface area contributed by atoms with Crippen LogP contribution in [-0.4, -0.2) is 40.2 Å². The van der Waals surface area contributed by atoms with Gasteiger partial charge in [0, 0.05) is 18.8 Å². The van der Waals surface area contributed by atoms with E-state index in [1.807, 2.05) is 29.4 Å². The highest BCUT2D eigenvalue weighted by Gasteiger charge is 2.33. The average Bonchev–Trinajstić information content (AvgIpc) is 3.22. The van der Waals surface area contributed by atoms with Crippen molar-refractivity contribution in [3.63, 3.8) is 0 Å². The number of aromatic nitrogens is 2. The Morgan fingerprint density at radius 3 is 2.85 bits per heavy atom. The molecule has 0 saturated carbocycles.